The molecule has 0 radical (unpaired) electrons. The van der Waals surface area contributed by atoms with Crippen LogP contribution in [-0.2, 0) is 11.4 Å². The van der Waals surface area contributed by atoms with Crippen molar-refractivity contribution in [3.05, 3.63) is 65.5 Å². The van der Waals surface area contributed by atoms with Crippen molar-refractivity contribution < 1.29 is 14.0 Å². The van der Waals surface area contributed by atoms with E-state index in [4.69, 9.17) is 9.57 Å². The highest BCUT2D eigenvalue weighted by Gasteiger charge is 2.20. The number of ether oxygens (including phenoxy) is 1. The van der Waals surface area contributed by atoms with E-state index in [0.29, 0.717) is 12.4 Å². The maximum atomic E-state index is 13.2. The summed E-state index contributed by atoms with van der Waals surface area (Å²) in [5, 5.41) is 4.10. The lowest BCUT2D eigenvalue weighted by Crippen LogP contribution is -2.17. The van der Waals surface area contributed by atoms with Crippen molar-refractivity contribution in [2.24, 2.45) is 5.16 Å². The molecule has 2 aromatic rings. The number of benzene rings is 2. The molecule has 1 fully saturated rings. The van der Waals surface area contributed by atoms with Crippen LogP contribution in [0.2, 0.25) is 0 Å². The number of halogens is 1. The highest BCUT2D eigenvalue weighted by atomic mass is 19.1. The number of hydrogen-bond donors (Lipinski definition) is 0. The van der Waals surface area contributed by atoms with E-state index in [1.165, 1.54) is 12.1 Å². The van der Waals surface area contributed by atoms with Gasteiger partial charge < -0.3 is 14.5 Å². The largest absolute Gasteiger partial charge is 0.488 e. The van der Waals surface area contributed by atoms with Crippen molar-refractivity contribution in [3.63, 3.8) is 0 Å². The summed E-state index contributed by atoms with van der Waals surface area (Å²) >= 11 is 0. The van der Waals surface area contributed by atoms with Gasteiger partial charge in [-0.3, -0.25) is 0 Å². The van der Waals surface area contributed by atoms with Crippen LogP contribution >= 0.6 is 0 Å². The smallest absolute Gasteiger partial charge is 0.141 e. The molecule has 1 aliphatic rings. The molecule has 4 nitrogen and oxygen atoms in total. The first-order valence-electron chi connectivity index (χ1n) is 8.05. The van der Waals surface area contributed by atoms with Crippen molar-refractivity contribution in [3.8, 4) is 5.75 Å². The number of likely N-dealkylation sites (N-methyl/N-ethyl adjacent to an activating group) is 1. The zero-order chi connectivity index (χ0) is 16.8. The highest BCUT2D eigenvalue weighted by Crippen LogP contribution is 2.18. The van der Waals surface area contributed by atoms with Gasteiger partial charge in [0.05, 0.1) is 6.21 Å². The van der Waals surface area contributed by atoms with E-state index in [0.717, 1.165) is 30.6 Å². The fourth-order valence-electron chi connectivity index (χ4n) is 2.66. The molecule has 1 atom stereocenters. The molecule has 3 rings (SSSR count). The Morgan fingerprint density at radius 3 is 2.92 bits per heavy atom. The number of rotatable bonds is 6. The molecule has 126 valence electrons. The molecule has 0 aliphatic carbocycles. The van der Waals surface area contributed by atoms with Gasteiger partial charge in [0.2, 0.25) is 0 Å². The van der Waals surface area contributed by atoms with E-state index in [2.05, 4.69) is 17.1 Å². The topological polar surface area (TPSA) is 34.1 Å². The first-order valence-corrected chi connectivity index (χ1v) is 8.05. The normalized spacial score (nSPS) is 18.2. The van der Waals surface area contributed by atoms with E-state index in [1.807, 2.05) is 30.3 Å². The Labute approximate surface area is 141 Å². The van der Waals surface area contributed by atoms with Gasteiger partial charge in [-0.05, 0) is 36.9 Å². The summed E-state index contributed by atoms with van der Waals surface area (Å²) in [4.78, 5) is 7.75. The minimum atomic E-state index is -0.263. The summed E-state index contributed by atoms with van der Waals surface area (Å²) in [5.41, 5.74) is 1.62. The molecule has 1 saturated heterocycles. The fourth-order valence-corrected chi connectivity index (χ4v) is 2.66. The maximum Gasteiger partial charge on any atom is 0.141 e. The molecule has 0 N–H and O–H groups in total. The molecule has 1 aliphatic heterocycles. The average Bonchev–Trinajstić information content (AvgIpc) is 2.99. The van der Waals surface area contributed by atoms with Crippen LogP contribution in [0.4, 0.5) is 4.39 Å². The SMILES string of the molecule is CN1CC[C@H](ON=Cc2ccccc2OCc2cccc(F)c2)C1. The number of likely N-dealkylation sites (tertiary alicyclic amines) is 1. The summed E-state index contributed by atoms with van der Waals surface area (Å²) in [6.45, 7) is 2.24. The van der Waals surface area contributed by atoms with Gasteiger partial charge in [0, 0.05) is 25.1 Å². The molecule has 0 amide bonds. The van der Waals surface area contributed by atoms with Crippen molar-refractivity contribution in [1.82, 2.24) is 4.90 Å². The van der Waals surface area contributed by atoms with Crippen LogP contribution in [0, 0.1) is 5.82 Å². The molecule has 0 aromatic heterocycles. The third kappa shape index (κ3) is 4.55. The van der Waals surface area contributed by atoms with Crippen LogP contribution in [0.25, 0.3) is 0 Å². The Balaban J connectivity index is 1.60. The molecule has 2 aromatic carbocycles. The zero-order valence-corrected chi connectivity index (χ0v) is 13.7. The molecule has 1 heterocycles. The van der Waals surface area contributed by atoms with Gasteiger partial charge in [0.25, 0.3) is 0 Å². The third-order valence-corrected chi connectivity index (χ3v) is 3.95. The lowest BCUT2D eigenvalue weighted by atomic mass is 10.2. The van der Waals surface area contributed by atoms with Gasteiger partial charge in [0.1, 0.15) is 24.3 Å². The van der Waals surface area contributed by atoms with Gasteiger partial charge >= 0.3 is 0 Å². The zero-order valence-electron chi connectivity index (χ0n) is 13.7. The first-order chi connectivity index (χ1) is 11.7. The van der Waals surface area contributed by atoms with Crippen molar-refractivity contribution in [2.45, 2.75) is 19.1 Å². The monoisotopic (exact) mass is 328 g/mol. The molecule has 5 heteroatoms. The fraction of sp³-hybridized carbons (Fsp3) is 0.316. The van der Waals surface area contributed by atoms with Crippen LogP contribution in [0.3, 0.4) is 0 Å². The quantitative estimate of drug-likeness (QED) is 0.601. The average molecular weight is 328 g/mol. The van der Waals surface area contributed by atoms with Crippen molar-refractivity contribution in [1.29, 1.82) is 0 Å². The highest BCUT2D eigenvalue weighted by molar-refractivity contribution is 5.83. The standard InChI is InChI=1S/C19H21FN2O2/c1-22-10-9-18(13-22)24-21-12-16-6-2-3-8-19(16)23-14-15-5-4-7-17(20)11-15/h2-8,11-12,18H,9-10,13-14H2,1H3/t18-/m0/s1. The van der Waals surface area contributed by atoms with Crippen LogP contribution in [-0.4, -0.2) is 37.4 Å². The second-order valence-corrected chi connectivity index (χ2v) is 5.97. The third-order valence-electron chi connectivity index (χ3n) is 3.95. The first kappa shape index (κ1) is 16.5. The predicted octanol–water partition coefficient (Wildman–Crippen LogP) is 3.46. The minimum absolute atomic E-state index is 0.145. The van der Waals surface area contributed by atoms with E-state index in [1.54, 1.807) is 12.3 Å². The molecule has 0 saturated carbocycles. The van der Waals surface area contributed by atoms with Gasteiger partial charge in [-0.25, -0.2) is 4.39 Å². The van der Waals surface area contributed by atoms with Crippen LogP contribution < -0.4 is 4.74 Å². The lowest BCUT2D eigenvalue weighted by molar-refractivity contribution is 0.0682. The molecule has 24 heavy (non-hydrogen) atoms. The van der Waals surface area contributed by atoms with Gasteiger partial charge in [-0.15, -0.1) is 0 Å². The molecule has 0 bridgehead atoms. The Bertz CT molecular complexity index is 705. The number of hydrogen-bond acceptors (Lipinski definition) is 4. The van der Waals surface area contributed by atoms with Crippen LogP contribution in [0.1, 0.15) is 17.5 Å². The molecular weight excluding hydrogens is 307 g/mol. The number of para-hydroxylation sites is 1. The summed E-state index contributed by atoms with van der Waals surface area (Å²) in [6, 6.07) is 14.0. The van der Waals surface area contributed by atoms with E-state index < -0.39 is 0 Å². The second-order valence-electron chi connectivity index (χ2n) is 5.97. The Hall–Kier alpha value is -2.40. The van der Waals surface area contributed by atoms with E-state index in [9.17, 15) is 4.39 Å². The summed E-state index contributed by atoms with van der Waals surface area (Å²) in [5.74, 6) is 0.429. The number of nitrogens with zero attached hydrogens (tertiary/aromatic N) is 2. The lowest BCUT2D eigenvalue weighted by Gasteiger charge is -2.10. The molecule has 0 spiro atoms. The predicted molar refractivity (Wildman–Crippen MR) is 91.8 cm³/mol. The van der Waals surface area contributed by atoms with Gasteiger partial charge in [-0.1, -0.05) is 29.4 Å². The number of oxime groups is 1. The molecular formula is C19H21FN2O2. The minimum Gasteiger partial charge on any atom is -0.488 e. The van der Waals surface area contributed by atoms with Crippen LogP contribution in [0.15, 0.2) is 53.7 Å². The van der Waals surface area contributed by atoms with Crippen molar-refractivity contribution in [2.75, 3.05) is 20.1 Å². The van der Waals surface area contributed by atoms with Gasteiger partial charge in [0.15, 0.2) is 0 Å². The summed E-state index contributed by atoms with van der Waals surface area (Å²) in [6.07, 6.45) is 2.80. The second kappa shape index (κ2) is 7.93. The maximum absolute atomic E-state index is 13.2. The van der Waals surface area contributed by atoms with E-state index >= 15 is 0 Å². The Morgan fingerprint density at radius 1 is 1.25 bits per heavy atom. The summed E-state index contributed by atoms with van der Waals surface area (Å²) in [7, 11) is 2.07. The summed E-state index contributed by atoms with van der Waals surface area (Å²) < 4.78 is 19.0. The van der Waals surface area contributed by atoms with Crippen molar-refractivity contribution >= 4 is 6.21 Å². The van der Waals surface area contributed by atoms with Gasteiger partial charge in [-0.2, -0.15) is 0 Å². The molecule has 0 unspecified atom stereocenters. The Morgan fingerprint density at radius 2 is 2.12 bits per heavy atom. The van der Waals surface area contributed by atoms with E-state index in [-0.39, 0.29) is 11.9 Å². The van der Waals surface area contributed by atoms with Crippen LogP contribution in [0.5, 0.6) is 5.75 Å². The Kier molecular flexibility index (Phi) is 5.43.